The Bertz CT molecular complexity index is 593. The first-order chi connectivity index (χ1) is 9.54. The van der Waals surface area contributed by atoms with Crippen LogP contribution in [0.5, 0.6) is 0 Å². The number of hydrogen-bond donors (Lipinski definition) is 3. The monoisotopic (exact) mass is 286 g/mol. The second-order valence-electron chi connectivity index (χ2n) is 4.65. The maximum atomic E-state index is 5.65. The van der Waals surface area contributed by atoms with Crippen LogP contribution >= 0.6 is 12.2 Å². The molecule has 0 saturated carbocycles. The van der Waals surface area contributed by atoms with Crippen LogP contribution in [-0.4, -0.2) is 19.2 Å². The molecular formula is C15H18N4S. The molecule has 4 N–H and O–H groups in total. The van der Waals surface area contributed by atoms with Crippen molar-refractivity contribution in [2.75, 3.05) is 35.4 Å². The number of benzene rings is 2. The summed E-state index contributed by atoms with van der Waals surface area (Å²) >= 11 is 5.29. The van der Waals surface area contributed by atoms with Crippen LogP contribution < -0.4 is 21.3 Å². The van der Waals surface area contributed by atoms with E-state index in [0.717, 1.165) is 22.7 Å². The van der Waals surface area contributed by atoms with E-state index >= 15 is 0 Å². The van der Waals surface area contributed by atoms with E-state index in [1.165, 1.54) is 0 Å². The van der Waals surface area contributed by atoms with Gasteiger partial charge < -0.3 is 21.3 Å². The first kappa shape index (κ1) is 14.1. The van der Waals surface area contributed by atoms with Gasteiger partial charge in [0.2, 0.25) is 0 Å². The predicted octanol–water partition coefficient (Wildman–Crippen LogP) is 3.14. The van der Waals surface area contributed by atoms with E-state index in [2.05, 4.69) is 10.6 Å². The smallest absolute Gasteiger partial charge is 0.175 e. The van der Waals surface area contributed by atoms with Gasteiger partial charge in [0.25, 0.3) is 0 Å². The normalized spacial score (nSPS) is 9.90. The molecule has 20 heavy (non-hydrogen) atoms. The first-order valence-corrected chi connectivity index (χ1v) is 6.66. The lowest BCUT2D eigenvalue weighted by Gasteiger charge is -2.15. The van der Waals surface area contributed by atoms with Crippen LogP contribution in [0, 0.1) is 0 Å². The molecule has 0 aliphatic carbocycles. The number of anilines is 4. The van der Waals surface area contributed by atoms with E-state index in [-0.39, 0.29) is 0 Å². The lowest BCUT2D eigenvalue weighted by molar-refractivity contribution is 1.13. The molecule has 2 aromatic rings. The summed E-state index contributed by atoms with van der Waals surface area (Å²) in [5, 5.41) is 6.83. The van der Waals surface area contributed by atoms with Crippen LogP contribution in [0.1, 0.15) is 0 Å². The molecule has 5 heteroatoms. The minimum atomic E-state index is 0.547. The molecule has 0 aromatic heterocycles. The van der Waals surface area contributed by atoms with Gasteiger partial charge >= 0.3 is 0 Å². The molecule has 0 fully saturated rings. The number of hydrogen-bond acceptors (Lipinski definition) is 3. The van der Waals surface area contributed by atoms with E-state index < -0.39 is 0 Å². The molecule has 0 saturated heterocycles. The van der Waals surface area contributed by atoms with Crippen molar-refractivity contribution in [1.82, 2.24) is 0 Å². The number of nitrogens with one attached hydrogen (secondary N) is 2. The largest absolute Gasteiger partial charge is 0.399 e. The van der Waals surface area contributed by atoms with Crippen molar-refractivity contribution >= 4 is 40.1 Å². The molecule has 0 bridgehead atoms. The highest BCUT2D eigenvalue weighted by Crippen LogP contribution is 2.18. The topological polar surface area (TPSA) is 53.3 Å². The first-order valence-electron chi connectivity index (χ1n) is 6.25. The molecule has 0 spiro atoms. The Balaban J connectivity index is 2.01. The summed E-state index contributed by atoms with van der Waals surface area (Å²) in [4.78, 5) is 2.04. The molecule has 104 valence electrons. The van der Waals surface area contributed by atoms with Crippen LogP contribution in [0.4, 0.5) is 22.7 Å². The van der Waals surface area contributed by atoms with E-state index in [1.54, 1.807) is 0 Å². The van der Waals surface area contributed by atoms with Crippen LogP contribution in [0.15, 0.2) is 48.5 Å². The Kier molecular flexibility index (Phi) is 4.42. The van der Waals surface area contributed by atoms with Crippen molar-refractivity contribution in [1.29, 1.82) is 0 Å². The van der Waals surface area contributed by atoms with Crippen LogP contribution in [0.3, 0.4) is 0 Å². The van der Waals surface area contributed by atoms with Gasteiger partial charge in [0.15, 0.2) is 5.11 Å². The second-order valence-corrected chi connectivity index (χ2v) is 5.05. The standard InChI is InChI=1S/C15H18N4S/c1-19(2)14-5-3-4-13(10-14)18-15(20)17-12-8-6-11(16)7-9-12/h3-10H,16H2,1-2H3,(H2,17,18,20). The maximum Gasteiger partial charge on any atom is 0.175 e. The summed E-state index contributed by atoms with van der Waals surface area (Å²) < 4.78 is 0. The Hall–Kier alpha value is -2.27. The summed E-state index contributed by atoms with van der Waals surface area (Å²) in [6.07, 6.45) is 0. The molecule has 0 unspecified atom stereocenters. The summed E-state index contributed by atoms with van der Waals surface area (Å²) in [6, 6.07) is 15.5. The van der Waals surface area contributed by atoms with Gasteiger partial charge in [-0.25, -0.2) is 0 Å². The number of nitrogens with zero attached hydrogens (tertiary/aromatic N) is 1. The van der Waals surface area contributed by atoms with E-state index in [4.69, 9.17) is 18.0 Å². The minimum absolute atomic E-state index is 0.547. The van der Waals surface area contributed by atoms with Gasteiger partial charge in [0.05, 0.1) is 0 Å². The molecule has 0 atom stereocenters. The van der Waals surface area contributed by atoms with E-state index in [1.807, 2.05) is 67.5 Å². The van der Waals surface area contributed by atoms with Crippen molar-refractivity contribution in [3.63, 3.8) is 0 Å². The number of thiocarbonyl (C=S) groups is 1. The van der Waals surface area contributed by atoms with Crippen molar-refractivity contribution in [3.05, 3.63) is 48.5 Å². The van der Waals surface area contributed by atoms with Crippen molar-refractivity contribution in [3.8, 4) is 0 Å². The number of nitrogens with two attached hydrogens (primary N) is 1. The zero-order valence-electron chi connectivity index (χ0n) is 11.6. The maximum absolute atomic E-state index is 5.65. The highest BCUT2D eigenvalue weighted by molar-refractivity contribution is 7.80. The van der Waals surface area contributed by atoms with Gasteiger partial charge in [-0.15, -0.1) is 0 Å². The predicted molar refractivity (Wildman–Crippen MR) is 91.5 cm³/mol. The fourth-order valence-corrected chi connectivity index (χ4v) is 1.96. The SMILES string of the molecule is CN(C)c1cccc(NC(=S)Nc2ccc(N)cc2)c1. The molecule has 0 aliphatic rings. The molecular weight excluding hydrogens is 268 g/mol. The molecule has 2 rings (SSSR count). The Morgan fingerprint density at radius 1 is 1.00 bits per heavy atom. The van der Waals surface area contributed by atoms with E-state index in [9.17, 15) is 0 Å². The molecule has 0 heterocycles. The van der Waals surface area contributed by atoms with Crippen LogP contribution in [0.25, 0.3) is 0 Å². The Labute approximate surface area is 124 Å². The van der Waals surface area contributed by atoms with Crippen LogP contribution in [-0.2, 0) is 0 Å². The minimum Gasteiger partial charge on any atom is -0.399 e. The zero-order valence-corrected chi connectivity index (χ0v) is 12.4. The number of nitrogen functional groups attached to an aromatic ring is 1. The van der Waals surface area contributed by atoms with Gasteiger partial charge in [-0.3, -0.25) is 0 Å². The summed E-state index contributed by atoms with van der Waals surface area (Å²) in [6.45, 7) is 0. The fourth-order valence-electron chi connectivity index (χ4n) is 1.72. The second kappa shape index (κ2) is 6.25. The van der Waals surface area contributed by atoms with Crippen LogP contribution in [0.2, 0.25) is 0 Å². The summed E-state index contributed by atoms with van der Waals surface area (Å²) in [7, 11) is 4.01. The third-order valence-electron chi connectivity index (χ3n) is 2.79. The lowest BCUT2D eigenvalue weighted by Crippen LogP contribution is -2.19. The third kappa shape index (κ3) is 3.86. The zero-order chi connectivity index (χ0) is 14.5. The molecule has 4 nitrogen and oxygen atoms in total. The Morgan fingerprint density at radius 2 is 1.65 bits per heavy atom. The van der Waals surface area contributed by atoms with Gasteiger partial charge in [-0.05, 0) is 54.7 Å². The van der Waals surface area contributed by atoms with Gasteiger partial charge in [-0.1, -0.05) is 6.07 Å². The van der Waals surface area contributed by atoms with Crippen molar-refractivity contribution in [2.45, 2.75) is 0 Å². The molecule has 0 aliphatic heterocycles. The van der Waals surface area contributed by atoms with E-state index in [0.29, 0.717) is 5.11 Å². The average molecular weight is 286 g/mol. The van der Waals surface area contributed by atoms with Gasteiger partial charge in [0.1, 0.15) is 0 Å². The molecule has 0 radical (unpaired) electrons. The number of rotatable bonds is 3. The summed E-state index contributed by atoms with van der Waals surface area (Å²) in [5.41, 5.74) is 9.34. The van der Waals surface area contributed by atoms with Crippen molar-refractivity contribution in [2.24, 2.45) is 0 Å². The van der Waals surface area contributed by atoms with Crippen molar-refractivity contribution < 1.29 is 0 Å². The third-order valence-corrected chi connectivity index (χ3v) is 2.99. The van der Waals surface area contributed by atoms with Gasteiger partial charge in [-0.2, -0.15) is 0 Å². The quantitative estimate of drug-likeness (QED) is 0.598. The molecule has 2 aromatic carbocycles. The summed E-state index contributed by atoms with van der Waals surface area (Å²) in [5.74, 6) is 0. The average Bonchev–Trinajstić information content (AvgIpc) is 2.41. The highest BCUT2D eigenvalue weighted by atomic mass is 32.1. The Morgan fingerprint density at radius 3 is 2.30 bits per heavy atom. The lowest BCUT2D eigenvalue weighted by atomic mass is 10.2. The highest BCUT2D eigenvalue weighted by Gasteiger charge is 2.01. The molecule has 0 amide bonds. The van der Waals surface area contributed by atoms with Gasteiger partial charge in [0, 0.05) is 36.8 Å². The fraction of sp³-hybridized carbons (Fsp3) is 0.133.